The van der Waals surface area contributed by atoms with Crippen LogP contribution in [0.15, 0.2) is 30.6 Å². The Kier molecular flexibility index (Phi) is 4.63. The van der Waals surface area contributed by atoms with Gasteiger partial charge in [0.1, 0.15) is 18.0 Å². The van der Waals surface area contributed by atoms with Crippen LogP contribution in [-0.2, 0) is 19.4 Å². The Morgan fingerprint density at radius 2 is 2.00 bits per heavy atom. The van der Waals surface area contributed by atoms with Crippen molar-refractivity contribution in [3.63, 3.8) is 0 Å². The van der Waals surface area contributed by atoms with Crippen molar-refractivity contribution in [1.29, 1.82) is 0 Å². The summed E-state index contributed by atoms with van der Waals surface area (Å²) in [6.07, 6.45) is 3.97. The van der Waals surface area contributed by atoms with Gasteiger partial charge in [0.2, 0.25) is 0 Å². The Balaban J connectivity index is 1.95. The number of halogens is 1. The maximum atomic E-state index is 12.8. The van der Waals surface area contributed by atoms with E-state index < -0.39 is 0 Å². The first-order valence-corrected chi connectivity index (χ1v) is 6.55. The molecule has 5 heteroatoms. The number of aromatic nitrogens is 3. The summed E-state index contributed by atoms with van der Waals surface area (Å²) in [5, 5.41) is 4.18. The molecular formula is C14H19FN4. The lowest BCUT2D eigenvalue weighted by Crippen LogP contribution is -2.27. The standard InChI is InChI=1S/C14H19FN4/c1-2-7-19-14(17-10-18-19)9-13(16)8-11-3-5-12(15)6-4-11/h3-6,10,13H,2,7-9,16H2,1H3. The van der Waals surface area contributed by atoms with E-state index in [1.807, 2.05) is 4.68 Å². The van der Waals surface area contributed by atoms with E-state index in [9.17, 15) is 4.39 Å². The lowest BCUT2D eigenvalue weighted by atomic mass is 10.0. The zero-order chi connectivity index (χ0) is 13.7. The minimum Gasteiger partial charge on any atom is -0.327 e. The Hall–Kier alpha value is -1.75. The maximum absolute atomic E-state index is 12.8. The van der Waals surface area contributed by atoms with E-state index in [2.05, 4.69) is 17.0 Å². The Bertz CT molecular complexity index is 506. The number of benzene rings is 1. The highest BCUT2D eigenvalue weighted by atomic mass is 19.1. The monoisotopic (exact) mass is 262 g/mol. The first-order valence-electron chi connectivity index (χ1n) is 6.55. The molecule has 2 N–H and O–H groups in total. The molecule has 0 saturated carbocycles. The zero-order valence-corrected chi connectivity index (χ0v) is 11.1. The van der Waals surface area contributed by atoms with Crippen LogP contribution in [0.5, 0.6) is 0 Å². The van der Waals surface area contributed by atoms with Crippen molar-refractivity contribution < 1.29 is 4.39 Å². The summed E-state index contributed by atoms with van der Waals surface area (Å²) in [6.45, 7) is 2.96. The van der Waals surface area contributed by atoms with Crippen molar-refractivity contribution in [1.82, 2.24) is 14.8 Å². The third kappa shape index (κ3) is 3.86. The van der Waals surface area contributed by atoms with Gasteiger partial charge in [-0.1, -0.05) is 19.1 Å². The van der Waals surface area contributed by atoms with Gasteiger partial charge in [-0.2, -0.15) is 5.10 Å². The predicted octanol–water partition coefficient (Wildman–Crippen LogP) is 1.94. The summed E-state index contributed by atoms with van der Waals surface area (Å²) >= 11 is 0. The summed E-state index contributed by atoms with van der Waals surface area (Å²) in [6, 6.07) is 6.42. The zero-order valence-electron chi connectivity index (χ0n) is 11.1. The van der Waals surface area contributed by atoms with Gasteiger partial charge in [-0.25, -0.2) is 9.37 Å². The molecule has 0 amide bonds. The molecular weight excluding hydrogens is 243 g/mol. The van der Waals surface area contributed by atoms with E-state index in [0.717, 1.165) is 24.4 Å². The molecule has 0 aliphatic carbocycles. The molecule has 102 valence electrons. The SMILES string of the molecule is CCCn1ncnc1CC(N)Cc1ccc(F)cc1. The fourth-order valence-electron chi connectivity index (χ4n) is 2.07. The topological polar surface area (TPSA) is 56.7 Å². The van der Waals surface area contributed by atoms with Crippen molar-refractivity contribution >= 4 is 0 Å². The molecule has 0 saturated heterocycles. The molecule has 0 bridgehead atoms. The molecule has 2 aromatic rings. The summed E-state index contributed by atoms with van der Waals surface area (Å²) < 4.78 is 14.7. The lowest BCUT2D eigenvalue weighted by Gasteiger charge is -2.12. The molecule has 1 atom stereocenters. The van der Waals surface area contributed by atoms with Crippen molar-refractivity contribution in [3.8, 4) is 0 Å². The minimum atomic E-state index is -0.222. The number of rotatable bonds is 6. The number of hydrogen-bond donors (Lipinski definition) is 1. The number of hydrogen-bond acceptors (Lipinski definition) is 3. The van der Waals surface area contributed by atoms with E-state index in [0.29, 0.717) is 12.8 Å². The second-order valence-electron chi connectivity index (χ2n) is 4.69. The third-order valence-electron chi connectivity index (χ3n) is 2.99. The molecule has 0 radical (unpaired) electrons. The summed E-state index contributed by atoms with van der Waals surface area (Å²) in [5.41, 5.74) is 7.16. The van der Waals surface area contributed by atoms with Gasteiger partial charge in [-0.3, -0.25) is 4.68 Å². The maximum Gasteiger partial charge on any atom is 0.138 e. The van der Waals surface area contributed by atoms with Crippen molar-refractivity contribution in [3.05, 3.63) is 47.8 Å². The van der Waals surface area contributed by atoms with E-state index >= 15 is 0 Å². The van der Waals surface area contributed by atoms with Gasteiger partial charge < -0.3 is 5.73 Å². The summed E-state index contributed by atoms with van der Waals surface area (Å²) in [5.74, 6) is 0.691. The van der Waals surface area contributed by atoms with Crippen LogP contribution in [0.3, 0.4) is 0 Å². The average molecular weight is 262 g/mol. The van der Waals surface area contributed by atoms with Gasteiger partial charge in [0, 0.05) is 19.0 Å². The lowest BCUT2D eigenvalue weighted by molar-refractivity contribution is 0.540. The Morgan fingerprint density at radius 1 is 1.26 bits per heavy atom. The fraction of sp³-hybridized carbons (Fsp3) is 0.429. The van der Waals surface area contributed by atoms with E-state index in [4.69, 9.17) is 5.73 Å². The van der Waals surface area contributed by atoms with E-state index in [-0.39, 0.29) is 11.9 Å². The molecule has 2 rings (SSSR count). The van der Waals surface area contributed by atoms with Crippen LogP contribution in [0, 0.1) is 5.82 Å². The predicted molar refractivity (Wildman–Crippen MR) is 72.1 cm³/mol. The van der Waals surface area contributed by atoms with Gasteiger partial charge in [-0.05, 0) is 30.5 Å². The van der Waals surface area contributed by atoms with Crippen LogP contribution in [0.25, 0.3) is 0 Å². The number of nitrogens with two attached hydrogens (primary N) is 1. The van der Waals surface area contributed by atoms with E-state index in [1.54, 1.807) is 18.5 Å². The van der Waals surface area contributed by atoms with Crippen LogP contribution in [0.4, 0.5) is 4.39 Å². The van der Waals surface area contributed by atoms with Crippen LogP contribution in [-0.4, -0.2) is 20.8 Å². The van der Waals surface area contributed by atoms with Gasteiger partial charge in [0.15, 0.2) is 0 Å². The van der Waals surface area contributed by atoms with Crippen LogP contribution >= 0.6 is 0 Å². The van der Waals surface area contributed by atoms with Crippen molar-refractivity contribution in [2.75, 3.05) is 0 Å². The largest absolute Gasteiger partial charge is 0.327 e. The van der Waals surface area contributed by atoms with Crippen LogP contribution in [0.2, 0.25) is 0 Å². The average Bonchev–Trinajstić information content (AvgIpc) is 2.80. The first-order chi connectivity index (χ1) is 9.19. The van der Waals surface area contributed by atoms with Gasteiger partial charge >= 0.3 is 0 Å². The quantitative estimate of drug-likeness (QED) is 0.865. The summed E-state index contributed by atoms with van der Waals surface area (Å²) in [4.78, 5) is 4.24. The third-order valence-corrected chi connectivity index (χ3v) is 2.99. The van der Waals surface area contributed by atoms with Crippen LogP contribution < -0.4 is 5.73 Å². The Labute approximate surface area is 112 Å². The second kappa shape index (κ2) is 6.43. The molecule has 1 unspecified atom stereocenters. The van der Waals surface area contributed by atoms with Gasteiger partial charge in [0.25, 0.3) is 0 Å². The molecule has 1 aromatic carbocycles. The smallest absolute Gasteiger partial charge is 0.138 e. The highest BCUT2D eigenvalue weighted by Gasteiger charge is 2.10. The Morgan fingerprint density at radius 3 is 2.68 bits per heavy atom. The van der Waals surface area contributed by atoms with Crippen molar-refractivity contribution in [2.24, 2.45) is 5.73 Å². The van der Waals surface area contributed by atoms with Crippen LogP contribution in [0.1, 0.15) is 24.7 Å². The molecule has 0 aliphatic heterocycles. The number of aryl methyl sites for hydroxylation is 1. The normalized spacial score (nSPS) is 12.6. The molecule has 0 aliphatic rings. The highest BCUT2D eigenvalue weighted by Crippen LogP contribution is 2.08. The van der Waals surface area contributed by atoms with Gasteiger partial charge in [0.05, 0.1) is 0 Å². The second-order valence-corrected chi connectivity index (χ2v) is 4.69. The molecule has 0 fully saturated rings. The molecule has 19 heavy (non-hydrogen) atoms. The minimum absolute atomic E-state index is 0.0368. The van der Waals surface area contributed by atoms with E-state index in [1.165, 1.54) is 12.1 Å². The molecule has 0 spiro atoms. The molecule has 1 aromatic heterocycles. The molecule has 1 heterocycles. The van der Waals surface area contributed by atoms with Crippen molar-refractivity contribution in [2.45, 2.75) is 38.8 Å². The first kappa shape index (κ1) is 13.7. The van der Waals surface area contributed by atoms with Gasteiger partial charge in [-0.15, -0.1) is 0 Å². The highest BCUT2D eigenvalue weighted by molar-refractivity contribution is 5.17. The summed E-state index contributed by atoms with van der Waals surface area (Å²) in [7, 11) is 0. The molecule has 4 nitrogen and oxygen atoms in total. The number of nitrogens with zero attached hydrogens (tertiary/aromatic N) is 3. The fourth-order valence-corrected chi connectivity index (χ4v) is 2.07.